The maximum Gasteiger partial charge on any atom is 0.268 e. The van der Waals surface area contributed by atoms with E-state index >= 15 is 0 Å². The van der Waals surface area contributed by atoms with Crippen molar-refractivity contribution in [1.29, 1.82) is 0 Å². The Balaban J connectivity index is 1.93. The fourth-order valence-electron chi connectivity index (χ4n) is 3.78. The molecule has 0 saturated heterocycles. The van der Waals surface area contributed by atoms with Gasteiger partial charge in [-0.3, -0.25) is 9.59 Å². The minimum atomic E-state index is -0.744. The van der Waals surface area contributed by atoms with Gasteiger partial charge in [0.25, 0.3) is 11.8 Å². The van der Waals surface area contributed by atoms with Crippen molar-refractivity contribution in [2.45, 2.75) is 32.7 Å². The summed E-state index contributed by atoms with van der Waals surface area (Å²) in [7, 11) is 0. The van der Waals surface area contributed by atoms with Crippen LogP contribution in [0.2, 0.25) is 10.0 Å². The van der Waals surface area contributed by atoms with E-state index in [0.29, 0.717) is 42.8 Å². The number of hydrogen-bond donors (Lipinski definition) is 2. The lowest BCUT2D eigenvalue weighted by atomic mass is 9.94. The summed E-state index contributed by atoms with van der Waals surface area (Å²) >= 11 is 16.0. The third-order valence-electron chi connectivity index (χ3n) is 5.50. The Morgan fingerprint density at radius 3 is 2.62 bits per heavy atom. The van der Waals surface area contributed by atoms with Gasteiger partial charge in [0, 0.05) is 34.0 Å². The van der Waals surface area contributed by atoms with Crippen molar-refractivity contribution in [3.05, 3.63) is 61.9 Å². The molecule has 1 aliphatic carbocycles. The first-order valence-electron chi connectivity index (χ1n) is 9.99. The molecule has 1 saturated carbocycles. The second-order valence-corrected chi connectivity index (χ2v) is 9.44. The molecule has 1 unspecified atom stereocenters. The molecule has 32 heavy (non-hydrogen) atoms. The molecule has 0 spiro atoms. The minimum absolute atomic E-state index is 0.0312. The zero-order chi connectivity index (χ0) is 23.2. The number of amides is 2. The highest BCUT2D eigenvalue weighted by atomic mass is 79.9. The number of pyridine rings is 1. The third kappa shape index (κ3) is 4.27. The van der Waals surface area contributed by atoms with Crippen molar-refractivity contribution >= 4 is 50.9 Å². The topological polar surface area (TPSA) is 103 Å². The summed E-state index contributed by atoms with van der Waals surface area (Å²) in [5, 5.41) is 8.17. The van der Waals surface area contributed by atoms with Gasteiger partial charge in [0.1, 0.15) is 10.3 Å². The Kier molecular flexibility index (Phi) is 6.29. The molecule has 3 N–H and O–H groups in total. The molecule has 4 rings (SSSR count). The molecule has 1 aromatic carbocycles. The van der Waals surface area contributed by atoms with Crippen molar-refractivity contribution in [2.24, 2.45) is 11.7 Å². The van der Waals surface area contributed by atoms with Crippen LogP contribution in [0.25, 0.3) is 16.9 Å². The molecule has 0 aliphatic heterocycles. The highest BCUT2D eigenvalue weighted by molar-refractivity contribution is 9.10. The number of aryl methyl sites for hydroxylation is 1. The molecular formula is C22H20BrCl2N5O2. The molecule has 10 heteroatoms. The zero-order valence-corrected chi connectivity index (χ0v) is 20.4. The van der Waals surface area contributed by atoms with E-state index in [9.17, 15) is 9.59 Å². The molecule has 2 amide bonds. The lowest BCUT2D eigenvalue weighted by molar-refractivity contribution is 0.0934. The normalized spacial score (nSPS) is 14.3. The number of halogens is 3. The SMILES string of the molecule is Cc1cc(Cl)cc(C(=O)NC(C)C2CC2)c1-c1c(Br)nn(-c2ncccc2Cl)c1C(N)=O. The first kappa shape index (κ1) is 22.8. The van der Waals surface area contributed by atoms with Crippen LogP contribution in [0.1, 0.15) is 46.2 Å². The van der Waals surface area contributed by atoms with Gasteiger partial charge < -0.3 is 11.1 Å². The van der Waals surface area contributed by atoms with Crippen LogP contribution in [-0.4, -0.2) is 32.6 Å². The Morgan fingerprint density at radius 2 is 2.00 bits per heavy atom. The van der Waals surface area contributed by atoms with Gasteiger partial charge in [0.2, 0.25) is 0 Å². The highest BCUT2D eigenvalue weighted by Gasteiger charge is 2.32. The van der Waals surface area contributed by atoms with E-state index < -0.39 is 5.91 Å². The smallest absolute Gasteiger partial charge is 0.268 e. The van der Waals surface area contributed by atoms with Crippen LogP contribution in [0.4, 0.5) is 0 Å². The van der Waals surface area contributed by atoms with Gasteiger partial charge in [-0.15, -0.1) is 0 Å². The zero-order valence-electron chi connectivity index (χ0n) is 17.3. The van der Waals surface area contributed by atoms with Crippen LogP contribution >= 0.6 is 39.1 Å². The molecule has 0 radical (unpaired) electrons. The van der Waals surface area contributed by atoms with Gasteiger partial charge in [-0.1, -0.05) is 23.2 Å². The second kappa shape index (κ2) is 8.84. The first-order chi connectivity index (χ1) is 15.2. The standard InChI is InChI=1S/C22H20BrCl2N5O2/c1-10-8-13(24)9-14(22(32)28-11(2)12-5-6-12)16(10)17-18(20(26)31)30(29-19(17)23)21-15(25)4-3-7-27-21/h3-4,7-9,11-12H,5-6H2,1-2H3,(H2,26,31)(H,28,32). The quantitative estimate of drug-likeness (QED) is 0.465. The van der Waals surface area contributed by atoms with E-state index in [1.807, 2.05) is 13.8 Å². The maximum absolute atomic E-state index is 13.2. The fraction of sp³-hybridized carbons (Fsp3) is 0.273. The largest absolute Gasteiger partial charge is 0.364 e. The number of nitrogens with zero attached hydrogens (tertiary/aromatic N) is 3. The van der Waals surface area contributed by atoms with E-state index in [2.05, 4.69) is 31.3 Å². The number of aromatic nitrogens is 3. The number of primary amides is 1. The van der Waals surface area contributed by atoms with Crippen LogP contribution < -0.4 is 11.1 Å². The lowest BCUT2D eigenvalue weighted by Crippen LogP contribution is -2.34. The van der Waals surface area contributed by atoms with Crippen LogP contribution in [0.3, 0.4) is 0 Å². The summed E-state index contributed by atoms with van der Waals surface area (Å²) in [4.78, 5) is 30.1. The first-order valence-corrected chi connectivity index (χ1v) is 11.5. The molecule has 3 aromatic rings. The van der Waals surface area contributed by atoms with Gasteiger partial charge in [0.05, 0.1) is 5.02 Å². The Labute approximate surface area is 203 Å². The maximum atomic E-state index is 13.2. The number of nitrogens with two attached hydrogens (primary N) is 1. The third-order valence-corrected chi connectivity index (χ3v) is 6.57. The van der Waals surface area contributed by atoms with Gasteiger partial charge in [-0.05, 0) is 78.4 Å². The molecule has 1 fully saturated rings. The second-order valence-electron chi connectivity index (χ2n) is 7.84. The molecule has 2 aromatic heterocycles. The Hall–Kier alpha value is -2.42. The number of benzene rings is 1. The molecular weight excluding hydrogens is 517 g/mol. The summed E-state index contributed by atoms with van der Waals surface area (Å²) in [5.41, 5.74) is 7.72. The van der Waals surface area contributed by atoms with Crippen molar-refractivity contribution in [2.75, 3.05) is 0 Å². The number of rotatable bonds is 6. The number of nitrogens with one attached hydrogen (secondary N) is 1. The average Bonchev–Trinajstić information content (AvgIpc) is 3.51. The molecule has 166 valence electrons. The van der Waals surface area contributed by atoms with Crippen LogP contribution in [0.15, 0.2) is 35.1 Å². The van der Waals surface area contributed by atoms with E-state index in [-0.39, 0.29) is 23.5 Å². The Morgan fingerprint density at radius 1 is 1.28 bits per heavy atom. The predicted octanol–water partition coefficient (Wildman–Crippen LogP) is 4.94. The predicted molar refractivity (Wildman–Crippen MR) is 127 cm³/mol. The summed E-state index contributed by atoms with van der Waals surface area (Å²) in [5.74, 6) is -0.303. The van der Waals surface area contributed by atoms with Crippen molar-refractivity contribution in [3.8, 4) is 16.9 Å². The number of carbonyl (C=O) groups is 2. The summed E-state index contributed by atoms with van der Waals surface area (Å²) in [6, 6.07) is 6.64. The fourth-order valence-corrected chi connectivity index (χ4v) is 4.80. The van der Waals surface area contributed by atoms with Gasteiger partial charge in [-0.25, -0.2) is 9.67 Å². The van der Waals surface area contributed by atoms with Gasteiger partial charge in [0.15, 0.2) is 5.82 Å². The van der Waals surface area contributed by atoms with E-state index in [4.69, 9.17) is 28.9 Å². The molecule has 2 heterocycles. The average molecular weight is 537 g/mol. The van der Waals surface area contributed by atoms with Crippen molar-refractivity contribution in [1.82, 2.24) is 20.1 Å². The number of hydrogen-bond acceptors (Lipinski definition) is 4. The molecule has 0 bridgehead atoms. The number of carbonyl (C=O) groups excluding carboxylic acids is 2. The summed E-state index contributed by atoms with van der Waals surface area (Å²) < 4.78 is 1.61. The van der Waals surface area contributed by atoms with Crippen molar-refractivity contribution < 1.29 is 9.59 Å². The molecule has 7 nitrogen and oxygen atoms in total. The monoisotopic (exact) mass is 535 g/mol. The van der Waals surface area contributed by atoms with Crippen molar-refractivity contribution in [3.63, 3.8) is 0 Å². The summed E-state index contributed by atoms with van der Waals surface area (Å²) in [6.07, 6.45) is 3.72. The molecule has 1 aliphatic rings. The molecule has 1 atom stereocenters. The van der Waals surface area contributed by atoms with Crippen LogP contribution in [0, 0.1) is 12.8 Å². The van der Waals surface area contributed by atoms with E-state index in [1.54, 1.807) is 24.3 Å². The van der Waals surface area contributed by atoms with Gasteiger partial charge >= 0.3 is 0 Å². The van der Waals surface area contributed by atoms with Gasteiger partial charge in [-0.2, -0.15) is 5.10 Å². The van der Waals surface area contributed by atoms with E-state index in [1.165, 1.54) is 10.9 Å². The van der Waals surface area contributed by atoms with Crippen LogP contribution in [-0.2, 0) is 0 Å². The van der Waals surface area contributed by atoms with E-state index in [0.717, 1.165) is 12.8 Å². The minimum Gasteiger partial charge on any atom is -0.364 e. The highest BCUT2D eigenvalue weighted by Crippen LogP contribution is 2.39. The summed E-state index contributed by atoms with van der Waals surface area (Å²) in [6.45, 7) is 3.79. The van der Waals surface area contributed by atoms with Crippen LogP contribution in [0.5, 0.6) is 0 Å². The lowest BCUT2D eigenvalue weighted by Gasteiger charge is -2.17. The Bertz CT molecular complexity index is 1240.